The van der Waals surface area contributed by atoms with Gasteiger partial charge in [0.05, 0.1) is 34.4 Å². The van der Waals surface area contributed by atoms with Crippen LogP contribution >= 0.6 is 11.8 Å². The van der Waals surface area contributed by atoms with Gasteiger partial charge in [0.25, 0.3) is 29.2 Å². The maximum Gasteiger partial charge on any atom is 0.261 e. The van der Waals surface area contributed by atoms with E-state index in [2.05, 4.69) is 9.97 Å². The normalized spacial score (nSPS) is 14.4. The van der Waals surface area contributed by atoms with Gasteiger partial charge in [-0.05, 0) is 43.0 Å². The lowest BCUT2D eigenvalue weighted by Gasteiger charge is -2.16. The lowest BCUT2D eigenvalue weighted by molar-refractivity contribution is 0.0634. The summed E-state index contributed by atoms with van der Waals surface area (Å²) >= 11 is 1.30. The second kappa shape index (κ2) is 11.5. The van der Waals surface area contributed by atoms with E-state index < -0.39 is 0 Å². The Kier molecular flexibility index (Phi) is 7.83. The van der Waals surface area contributed by atoms with Crippen molar-refractivity contribution >= 4 is 35.4 Å². The summed E-state index contributed by atoms with van der Waals surface area (Å²) in [5.74, 6) is -0.656. The Morgan fingerprint density at radius 2 is 1.25 bits per heavy atom. The van der Waals surface area contributed by atoms with Gasteiger partial charge in [0.15, 0.2) is 5.16 Å². The Labute approximate surface area is 234 Å². The molecule has 2 aliphatic heterocycles. The monoisotopic (exact) mass is 560 g/mol. The van der Waals surface area contributed by atoms with Crippen LogP contribution in [0.15, 0.2) is 58.5 Å². The Bertz CT molecular complexity index is 1500. The minimum atomic E-state index is -0.322. The average Bonchev–Trinajstić information content (AvgIpc) is 3.33. The molecular formula is C29H28N4O6S. The summed E-state index contributed by atoms with van der Waals surface area (Å²) in [4.78, 5) is 72.8. The van der Waals surface area contributed by atoms with Gasteiger partial charge in [-0.25, -0.2) is 0 Å². The van der Waals surface area contributed by atoms with Crippen LogP contribution in [0.5, 0.6) is 5.88 Å². The van der Waals surface area contributed by atoms with E-state index in [1.165, 1.54) is 21.6 Å². The van der Waals surface area contributed by atoms with Crippen molar-refractivity contribution in [3.63, 3.8) is 0 Å². The number of benzene rings is 2. The lowest BCUT2D eigenvalue weighted by atomic mass is 10.1. The SMILES string of the molecule is CC(C)c1c(OCCCN2C(=O)c3ccccc3C2=O)nc(SCCCN2C(=O)c3ccccc3C2=O)[nH]c1=O. The molecule has 0 bridgehead atoms. The fourth-order valence-electron chi connectivity index (χ4n) is 4.80. The van der Waals surface area contributed by atoms with Crippen LogP contribution in [0.25, 0.3) is 0 Å². The van der Waals surface area contributed by atoms with Gasteiger partial charge in [-0.2, -0.15) is 4.98 Å². The third-order valence-electron chi connectivity index (χ3n) is 6.76. The number of carbonyl (C=O) groups excluding carboxylic acids is 4. The number of fused-ring (bicyclic) bond motifs is 2. The fourth-order valence-corrected chi connectivity index (χ4v) is 5.58. The van der Waals surface area contributed by atoms with E-state index >= 15 is 0 Å². The third-order valence-corrected chi connectivity index (χ3v) is 7.72. The highest BCUT2D eigenvalue weighted by Crippen LogP contribution is 2.26. The van der Waals surface area contributed by atoms with E-state index in [1.807, 2.05) is 13.8 Å². The molecule has 0 radical (unpaired) electrons. The number of rotatable bonds is 11. The summed E-state index contributed by atoms with van der Waals surface area (Å²) in [7, 11) is 0. The highest BCUT2D eigenvalue weighted by atomic mass is 32.2. The van der Waals surface area contributed by atoms with Crippen LogP contribution < -0.4 is 10.3 Å². The van der Waals surface area contributed by atoms with Gasteiger partial charge in [-0.1, -0.05) is 49.9 Å². The van der Waals surface area contributed by atoms with Gasteiger partial charge in [-0.3, -0.25) is 33.8 Å². The predicted octanol–water partition coefficient (Wildman–Crippen LogP) is 3.74. The highest BCUT2D eigenvalue weighted by Gasteiger charge is 2.35. The average molecular weight is 561 g/mol. The second-order valence-electron chi connectivity index (χ2n) is 9.76. The molecule has 3 heterocycles. The summed E-state index contributed by atoms with van der Waals surface area (Å²) in [6.45, 7) is 4.34. The van der Waals surface area contributed by atoms with Crippen LogP contribution in [0.3, 0.4) is 0 Å². The van der Waals surface area contributed by atoms with Gasteiger partial charge in [0, 0.05) is 18.8 Å². The number of nitrogens with one attached hydrogen (secondary N) is 1. The Morgan fingerprint density at radius 3 is 1.73 bits per heavy atom. The quantitative estimate of drug-likeness (QED) is 0.163. The van der Waals surface area contributed by atoms with Crippen LogP contribution in [0, 0.1) is 0 Å². The maximum atomic E-state index is 12.8. The summed E-state index contributed by atoms with van der Waals surface area (Å²) < 4.78 is 5.89. The summed E-state index contributed by atoms with van der Waals surface area (Å²) in [6, 6.07) is 13.5. The molecule has 11 heteroatoms. The minimum absolute atomic E-state index is 0.143. The van der Waals surface area contributed by atoms with E-state index in [1.54, 1.807) is 48.5 Å². The van der Waals surface area contributed by atoms with Gasteiger partial charge < -0.3 is 9.72 Å². The summed E-state index contributed by atoms with van der Waals surface area (Å²) in [5.41, 5.74) is 1.74. The first-order valence-electron chi connectivity index (χ1n) is 13.1. The van der Waals surface area contributed by atoms with Crippen LogP contribution in [0.4, 0.5) is 0 Å². The van der Waals surface area contributed by atoms with Crippen molar-refractivity contribution < 1.29 is 23.9 Å². The summed E-state index contributed by atoms with van der Waals surface area (Å²) in [5, 5.41) is 0.368. The molecule has 2 aliphatic rings. The van der Waals surface area contributed by atoms with Gasteiger partial charge in [0.1, 0.15) is 0 Å². The number of aromatic nitrogens is 2. The van der Waals surface area contributed by atoms with Gasteiger partial charge in [0.2, 0.25) is 5.88 Å². The van der Waals surface area contributed by atoms with Crippen molar-refractivity contribution in [3.05, 3.63) is 86.7 Å². The molecule has 0 saturated carbocycles. The van der Waals surface area contributed by atoms with Crippen LogP contribution in [0.1, 0.15) is 79.6 Å². The molecule has 0 saturated heterocycles. The van der Waals surface area contributed by atoms with Gasteiger partial charge in [-0.15, -0.1) is 0 Å². The lowest BCUT2D eigenvalue weighted by Crippen LogP contribution is -2.31. The topological polar surface area (TPSA) is 130 Å². The molecule has 5 rings (SSSR count). The number of aromatic amines is 1. The second-order valence-corrected chi connectivity index (χ2v) is 10.8. The first-order valence-corrected chi connectivity index (χ1v) is 14.1. The molecule has 4 amide bonds. The number of H-pyrrole nitrogens is 1. The number of hydrogen-bond acceptors (Lipinski definition) is 8. The zero-order valence-corrected chi connectivity index (χ0v) is 23.0. The molecule has 0 unspecified atom stereocenters. The van der Waals surface area contributed by atoms with Gasteiger partial charge >= 0.3 is 0 Å². The molecule has 40 heavy (non-hydrogen) atoms. The molecule has 3 aromatic rings. The molecule has 1 N–H and O–H groups in total. The number of thioether (sulfide) groups is 1. The van der Waals surface area contributed by atoms with Crippen LogP contribution in [-0.4, -0.2) is 68.8 Å². The number of nitrogens with zero attached hydrogens (tertiary/aromatic N) is 3. The smallest absolute Gasteiger partial charge is 0.261 e. The van der Waals surface area contributed by atoms with E-state index in [0.717, 1.165) is 0 Å². The van der Waals surface area contributed by atoms with Crippen molar-refractivity contribution in [2.24, 2.45) is 0 Å². The van der Waals surface area contributed by atoms with E-state index in [0.29, 0.717) is 51.6 Å². The molecule has 206 valence electrons. The van der Waals surface area contributed by atoms with Crippen molar-refractivity contribution in [3.8, 4) is 5.88 Å². The van der Waals surface area contributed by atoms with Crippen molar-refractivity contribution in [1.82, 2.24) is 19.8 Å². The number of carbonyl (C=O) groups is 4. The Balaban J connectivity index is 1.16. The molecular weight excluding hydrogens is 532 g/mol. The first kappa shape index (κ1) is 27.3. The standard InChI is InChI=1S/C29H28N4O6S/c1-17(2)22-23(34)30-29(40-16-8-14-33-27(37)20-11-5-6-12-21(20)28(33)38)31-24(22)39-15-7-13-32-25(35)18-9-3-4-10-19(18)26(32)36/h3-6,9-12,17H,7-8,13-16H2,1-2H3,(H,30,31,34). The predicted molar refractivity (Wildman–Crippen MR) is 148 cm³/mol. The van der Waals surface area contributed by atoms with Crippen molar-refractivity contribution in [2.45, 2.75) is 37.8 Å². The molecule has 0 fully saturated rings. The number of hydrogen-bond donors (Lipinski definition) is 1. The first-order chi connectivity index (χ1) is 19.3. The largest absolute Gasteiger partial charge is 0.477 e. The third kappa shape index (κ3) is 5.16. The van der Waals surface area contributed by atoms with Crippen molar-refractivity contribution in [2.75, 3.05) is 25.4 Å². The number of amides is 4. The van der Waals surface area contributed by atoms with E-state index in [9.17, 15) is 24.0 Å². The molecule has 10 nitrogen and oxygen atoms in total. The zero-order chi connectivity index (χ0) is 28.4. The highest BCUT2D eigenvalue weighted by molar-refractivity contribution is 7.99. The molecule has 0 aliphatic carbocycles. The van der Waals surface area contributed by atoms with Crippen molar-refractivity contribution in [1.29, 1.82) is 0 Å². The molecule has 1 aromatic heterocycles. The van der Waals surface area contributed by atoms with E-state index in [4.69, 9.17) is 4.74 Å². The van der Waals surface area contributed by atoms with Crippen LogP contribution in [0.2, 0.25) is 0 Å². The number of imide groups is 2. The Morgan fingerprint density at radius 1 is 0.775 bits per heavy atom. The minimum Gasteiger partial charge on any atom is -0.477 e. The Hall–Kier alpha value is -4.25. The molecule has 0 spiro atoms. The maximum absolute atomic E-state index is 12.8. The fraction of sp³-hybridized carbons (Fsp3) is 0.310. The van der Waals surface area contributed by atoms with Crippen LogP contribution in [-0.2, 0) is 0 Å². The molecule has 2 aromatic carbocycles. The summed E-state index contributed by atoms with van der Waals surface area (Å²) in [6.07, 6.45) is 0.891. The van der Waals surface area contributed by atoms with E-state index in [-0.39, 0.29) is 60.7 Å². The number of ether oxygens (including phenoxy) is 1. The zero-order valence-electron chi connectivity index (χ0n) is 22.1. The molecule has 0 atom stereocenters.